The van der Waals surface area contributed by atoms with Crippen molar-refractivity contribution in [3.8, 4) is 5.75 Å². The van der Waals surface area contributed by atoms with Crippen LogP contribution in [0.4, 0.5) is 0 Å². The lowest BCUT2D eigenvalue weighted by Gasteiger charge is -2.24. The zero-order valence-electron chi connectivity index (χ0n) is 13.7. The predicted molar refractivity (Wildman–Crippen MR) is 93.4 cm³/mol. The van der Waals surface area contributed by atoms with Crippen molar-refractivity contribution in [3.63, 3.8) is 0 Å². The number of hydrogen-bond donors (Lipinski definition) is 2. The van der Waals surface area contributed by atoms with Gasteiger partial charge in [0, 0.05) is 13.1 Å². The summed E-state index contributed by atoms with van der Waals surface area (Å²) in [6.45, 7) is 6.00. The molecule has 0 aromatic heterocycles. The number of likely N-dealkylation sites (tertiary alicyclic amines) is 1. The molecule has 1 aliphatic rings. The molecule has 6 heteroatoms. The van der Waals surface area contributed by atoms with Gasteiger partial charge in [-0.15, -0.1) is 0 Å². The third-order valence-corrected chi connectivity index (χ3v) is 4.68. The molecule has 0 radical (unpaired) electrons. The Balaban J connectivity index is 2.06. The van der Waals surface area contributed by atoms with Crippen LogP contribution in [0.15, 0.2) is 12.1 Å². The molecule has 0 amide bonds. The fourth-order valence-corrected chi connectivity index (χ4v) is 3.48. The zero-order chi connectivity index (χ0) is 17.0. The molecule has 1 atom stereocenters. The average Bonchev–Trinajstić information content (AvgIpc) is 2.66. The number of benzene rings is 1. The lowest BCUT2D eigenvalue weighted by atomic mass is 9.96. The molecule has 1 aliphatic heterocycles. The molecule has 2 rings (SSSR count). The highest BCUT2D eigenvalue weighted by Crippen LogP contribution is 2.35. The van der Waals surface area contributed by atoms with E-state index >= 15 is 0 Å². The van der Waals surface area contributed by atoms with Crippen LogP contribution >= 0.6 is 23.2 Å². The summed E-state index contributed by atoms with van der Waals surface area (Å²) in [5, 5.41) is 20.6. The SMILES string of the molecule is CC(C)Oc1c(Cl)cc(CN2CCC[C@](O)(CO)CC2)cc1Cl. The van der Waals surface area contributed by atoms with Crippen molar-refractivity contribution >= 4 is 23.2 Å². The highest BCUT2D eigenvalue weighted by molar-refractivity contribution is 6.37. The van der Waals surface area contributed by atoms with Crippen molar-refractivity contribution in [2.75, 3.05) is 19.7 Å². The second-order valence-electron chi connectivity index (χ2n) is 6.57. The topological polar surface area (TPSA) is 52.9 Å². The molecule has 130 valence electrons. The molecule has 0 aliphatic carbocycles. The summed E-state index contributed by atoms with van der Waals surface area (Å²) in [7, 11) is 0. The number of halogens is 2. The van der Waals surface area contributed by atoms with Crippen LogP contribution in [0.1, 0.15) is 38.7 Å². The Hall–Kier alpha value is -0.520. The van der Waals surface area contributed by atoms with Gasteiger partial charge in [-0.2, -0.15) is 0 Å². The molecular formula is C17H25Cl2NO3. The van der Waals surface area contributed by atoms with E-state index < -0.39 is 5.60 Å². The molecule has 0 unspecified atom stereocenters. The zero-order valence-corrected chi connectivity index (χ0v) is 15.2. The number of ether oxygens (including phenoxy) is 1. The van der Waals surface area contributed by atoms with Crippen LogP contribution in [0.25, 0.3) is 0 Å². The first-order valence-corrected chi connectivity index (χ1v) is 8.79. The van der Waals surface area contributed by atoms with Gasteiger partial charge in [-0.3, -0.25) is 4.90 Å². The number of aliphatic hydroxyl groups excluding tert-OH is 1. The maximum Gasteiger partial charge on any atom is 0.156 e. The normalized spacial score (nSPS) is 23.1. The first-order valence-electron chi connectivity index (χ1n) is 8.03. The molecule has 1 aromatic rings. The van der Waals surface area contributed by atoms with E-state index in [0.29, 0.717) is 35.2 Å². The van der Waals surface area contributed by atoms with E-state index in [2.05, 4.69) is 4.90 Å². The summed E-state index contributed by atoms with van der Waals surface area (Å²) in [5.74, 6) is 0.526. The van der Waals surface area contributed by atoms with Gasteiger partial charge >= 0.3 is 0 Å². The van der Waals surface area contributed by atoms with Gasteiger partial charge in [0.1, 0.15) is 0 Å². The van der Waals surface area contributed by atoms with Crippen molar-refractivity contribution in [1.82, 2.24) is 4.90 Å². The van der Waals surface area contributed by atoms with Crippen molar-refractivity contribution in [1.29, 1.82) is 0 Å². The number of nitrogens with zero attached hydrogens (tertiary/aromatic N) is 1. The summed E-state index contributed by atoms with van der Waals surface area (Å²) in [5.41, 5.74) is 0.0736. The lowest BCUT2D eigenvalue weighted by molar-refractivity contribution is -0.0255. The largest absolute Gasteiger partial charge is 0.488 e. The molecule has 1 aromatic carbocycles. The van der Waals surface area contributed by atoms with Gasteiger partial charge in [-0.1, -0.05) is 23.2 Å². The number of hydrogen-bond acceptors (Lipinski definition) is 4. The summed E-state index contributed by atoms with van der Waals surface area (Å²) in [4.78, 5) is 2.25. The van der Waals surface area contributed by atoms with Crippen LogP contribution in [0.5, 0.6) is 5.75 Å². The van der Waals surface area contributed by atoms with Gasteiger partial charge in [0.25, 0.3) is 0 Å². The number of aliphatic hydroxyl groups is 2. The van der Waals surface area contributed by atoms with E-state index in [1.54, 1.807) is 0 Å². The maximum absolute atomic E-state index is 10.2. The smallest absolute Gasteiger partial charge is 0.156 e. The van der Waals surface area contributed by atoms with Gasteiger partial charge < -0.3 is 14.9 Å². The van der Waals surface area contributed by atoms with Gasteiger partial charge in [0.05, 0.1) is 28.4 Å². The molecule has 0 bridgehead atoms. The molecule has 4 nitrogen and oxygen atoms in total. The monoisotopic (exact) mass is 361 g/mol. The molecule has 2 N–H and O–H groups in total. The minimum atomic E-state index is -0.945. The van der Waals surface area contributed by atoms with Crippen molar-refractivity contribution in [2.45, 2.75) is 51.4 Å². The van der Waals surface area contributed by atoms with Crippen LogP contribution < -0.4 is 4.74 Å². The van der Waals surface area contributed by atoms with E-state index in [1.807, 2.05) is 26.0 Å². The van der Waals surface area contributed by atoms with Crippen LogP contribution in [-0.4, -0.2) is 46.5 Å². The average molecular weight is 362 g/mol. The summed E-state index contributed by atoms with van der Waals surface area (Å²) in [6, 6.07) is 3.77. The second kappa shape index (κ2) is 8.04. The second-order valence-corrected chi connectivity index (χ2v) is 7.38. The highest BCUT2D eigenvalue weighted by atomic mass is 35.5. The molecule has 0 spiro atoms. The van der Waals surface area contributed by atoms with E-state index in [9.17, 15) is 10.2 Å². The molecular weight excluding hydrogens is 337 g/mol. The molecule has 0 saturated carbocycles. The highest BCUT2D eigenvalue weighted by Gasteiger charge is 2.29. The number of rotatable bonds is 5. The Labute approximate surface area is 148 Å². The molecule has 1 fully saturated rings. The van der Waals surface area contributed by atoms with Crippen molar-refractivity contribution < 1.29 is 14.9 Å². The Morgan fingerprint density at radius 3 is 2.43 bits per heavy atom. The van der Waals surface area contributed by atoms with Gasteiger partial charge in [-0.25, -0.2) is 0 Å². The van der Waals surface area contributed by atoms with E-state index in [0.717, 1.165) is 25.1 Å². The first kappa shape index (κ1) is 18.8. The van der Waals surface area contributed by atoms with E-state index in [4.69, 9.17) is 27.9 Å². The minimum absolute atomic E-state index is 0.0117. The Morgan fingerprint density at radius 1 is 1.22 bits per heavy atom. The first-order chi connectivity index (χ1) is 10.8. The van der Waals surface area contributed by atoms with Gasteiger partial charge in [-0.05, 0) is 57.4 Å². The summed E-state index contributed by atoms with van der Waals surface area (Å²) in [6.07, 6.45) is 2.06. The van der Waals surface area contributed by atoms with Crippen LogP contribution in [0.2, 0.25) is 10.0 Å². The van der Waals surface area contributed by atoms with Crippen LogP contribution in [0, 0.1) is 0 Å². The minimum Gasteiger partial charge on any atom is -0.488 e. The summed E-state index contributed by atoms with van der Waals surface area (Å²) < 4.78 is 5.64. The summed E-state index contributed by atoms with van der Waals surface area (Å²) >= 11 is 12.6. The van der Waals surface area contributed by atoms with Gasteiger partial charge in [0.2, 0.25) is 0 Å². The van der Waals surface area contributed by atoms with Crippen LogP contribution in [-0.2, 0) is 6.54 Å². The van der Waals surface area contributed by atoms with Crippen LogP contribution in [0.3, 0.4) is 0 Å². The fraction of sp³-hybridized carbons (Fsp3) is 0.647. The third kappa shape index (κ3) is 5.23. The molecule has 1 heterocycles. The quantitative estimate of drug-likeness (QED) is 0.842. The Bertz CT molecular complexity index is 516. The molecule has 1 saturated heterocycles. The lowest BCUT2D eigenvalue weighted by Crippen LogP contribution is -2.34. The van der Waals surface area contributed by atoms with E-state index in [1.165, 1.54) is 0 Å². The Kier molecular flexibility index (Phi) is 6.57. The standard InChI is InChI=1S/C17H25Cl2NO3/c1-12(2)23-16-14(18)8-13(9-15(16)19)10-20-6-3-4-17(22,11-21)5-7-20/h8-9,12,21-22H,3-7,10-11H2,1-2H3/t17-/m1/s1. The predicted octanol–water partition coefficient (Wildman–Crippen LogP) is 3.49. The Morgan fingerprint density at radius 2 is 1.87 bits per heavy atom. The van der Waals surface area contributed by atoms with E-state index in [-0.39, 0.29) is 12.7 Å². The maximum atomic E-state index is 10.2. The van der Waals surface area contributed by atoms with Crippen molar-refractivity contribution in [3.05, 3.63) is 27.7 Å². The molecule has 23 heavy (non-hydrogen) atoms. The third-order valence-electron chi connectivity index (χ3n) is 4.12. The van der Waals surface area contributed by atoms with Gasteiger partial charge in [0.15, 0.2) is 5.75 Å². The fourth-order valence-electron chi connectivity index (χ4n) is 2.86. The van der Waals surface area contributed by atoms with Crippen molar-refractivity contribution in [2.24, 2.45) is 0 Å².